The second-order valence-corrected chi connectivity index (χ2v) is 5.73. The van der Waals surface area contributed by atoms with E-state index in [0.717, 1.165) is 0 Å². The maximum Gasteiger partial charge on any atom is 0.242 e. The van der Waals surface area contributed by atoms with Gasteiger partial charge >= 0.3 is 0 Å². The van der Waals surface area contributed by atoms with E-state index in [1.165, 1.54) is 12.3 Å². The maximum atomic E-state index is 11.8. The Bertz CT molecular complexity index is 515. The third kappa shape index (κ3) is 4.27. The number of halogens is 2. The van der Waals surface area contributed by atoms with Crippen LogP contribution in [-0.4, -0.2) is 19.9 Å². The molecular formula is C10H12Cl2N2O2S. The number of sulfonamides is 1. The van der Waals surface area contributed by atoms with Crippen LogP contribution in [-0.2, 0) is 10.0 Å². The van der Waals surface area contributed by atoms with E-state index < -0.39 is 10.0 Å². The summed E-state index contributed by atoms with van der Waals surface area (Å²) in [4.78, 5) is 3.70. The lowest BCUT2D eigenvalue weighted by Gasteiger charge is -2.05. The molecule has 4 nitrogen and oxygen atoms in total. The van der Waals surface area contributed by atoms with Crippen molar-refractivity contribution < 1.29 is 8.42 Å². The first-order chi connectivity index (χ1) is 7.97. The highest BCUT2D eigenvalue weighted by molar-refractivity contribution is 7.89. The Labute approximate surface area is 111 Å². The van der Waals surface area contributed by atoms with Gasteiger partial charge in [0, 0.05) is 12.7 Å². The zero-order valence-electron chi connectivity index (χ0n) is 9.15. The number of hydrogen-bond acceptors (Lipinski definition) is 3. The Morgan fingerprint density at radius 1 is 1.47 bits per heavy atom. The molecule has 1 N–H and O–H groups in total. The van der Waals surface area contributed by atoms with Crippen LogP contribution < -0.4 is 4.72 Å². The molecule has 0 unspecified atom stereocenters. The summed E-state index contributed by atoms with van der Waals surface area (Å²) in [5.41, 5.74) is 0. The smallest absolute Gasteiger partial charge is 0.242 e. The fourth-order valence-corrected chi connectivity index (χ4v) is 2.43. The summed E-state index contributed by atoms with van der Waals surface area (Å²) in [5.74, 6) is 0. The van der Waals surface area contributed by atoms with Gasteiger partial charge in [0.1, 0.15) is 10.0 Å². The van der Waals surface area contributed by atoms with Crippen molar-refractivity contribution in [2.75, 3.05) is 6.54 Å². The van der Waals surface area contributed by atoms with Gasteiger partial charge in [-0.25, -0.2) is 18.1 Å². The van der Waals surface area contributed by atoms with Crippen LogP contribution >= 0.6 is 23.2 Å². The lowest BCUT2D eigenvalue weighted by Crippen LogP contribution is -2.24. The molecule has 1 aromatic rings. The predicted molar refractivity (Wildman–Crippen MR) is 68.9 cm³/mol. The number of allylic oxidation sites excluding steroid dienone is 1. The minimum atomic E-state index is -3.57. The minimum Gasteiger partial charge on any atom is -0.242 e. The summed E-state index contributed by atoms with van der Waals surface area (Å²) < 4.78 is 26.0. The number of rotatable bonds is 5. The van der Waals surface area contributed by atoms with Crippen LogP contribution in [0.3, 0.4) is 0 Å². The molecule has 17 heavy (non-hydrogen) atoms. The number of hydrogen-bond donors (Lipinski definition) is 1. The van der Waals surface area contributed by atoms with E-state index in [1.807, 2.05) is 19.1 Å². The third-order valence-electron chi connectivity index (χ3n) is 1.92. The molecule has 94 valence electrons. The van der Waals surface area contributed by atoms with Gasteiger partial charge in [0.15, 0.2) is 0 Å². The molecule has 0 aromatic carbocycles. The number of pyridine rings is 1. The van der Waals surface area contributed by atoms with E-state index in [0.29, 0.717) is 13.0 Å². The molecule has 0 saturated carbocycles. The topological polar surface area (TPSA) is 59.1 Å². The average Bonchev–Trinajstić information content (AvgIpc) is 2.28. The van der Waals surface area contributed by atoms with Crippen molar-refractivity contribution in [2.24, 2.45) is 0 Å². The van der Waals surface area contributed by atoms with E-state index in [4.69, 9.17) is 23.2 Å². The molecule has 1 rings (SSSR count). The molecule has 0 bridgehead atoms. The van der Waals surface area contributed by atoms with Crippen LogP contribution in [0.5, 0.6) is 0 Å². The van der Waals surface area contributed by atoms with Gasteiger partial charge in [-0.15, -0.1) is 0 Å². The number of nitrogens with one attached hydrogen (secondary N) is 1. The monoisotopic (exact) mass is 294 g/mol. The number of aromatic nitrogens is 1. The first kappa shape index (κ1) is 14.4. The van der Waals surface area contributed by atoms with Gasteiger partial charge in [-0.1, -0.05) is 35.4 Å². The van der Waals surface area contributed by atoms with Gasteiger partial charge < -0.3 is 0 Å². The summed E-state index contributed by atoms with van der Waals surface area (Å²) in [6.07, 6.45) is 5.53. The van der Waals surface area contributed by atoms with Gasteiger partial charge in [-0.2, -0.15) is 0 Å². The van der Waals surface area contributed by atoms with Crippen molar-refractivity contribution in [3.8, 4) is 0 Å². The largest absolute Gasteiger partial charge is 0.242 e. The molecular weight excluding hydrogens is 283 g/mol. The van der Waals surface area contributed by atoms with E-state index in [1.54, 1.807) is 0 Å². The second kappa shape index (κ2) is 6.35. The predicted octanol–water partition coefficient (Wildman–Crippen LogP) is 2.63. The van der Waals surface area contributed by atoms with Crippen LogP contribution in [0.25, 0.3) is 0 Å². The van der Waals surface area contributed by atoms with E-state index in [9.17, 15) is 8.42 Å². The summed E-state index contributed by atoms with van der Waals surface area (Å²) in [6.45, 7) is 2.20. The van der Waals surface area contributed by atoms with Gasteiger partial charge in [0.2, 0.25) is 10.0 Å². The highest BCUT2D eigenvalue weighted by atomic mass is 35.5. The normalized spacial score (nSPS) is 12.2. The van der Waals surface area contributed by atoms with Crippen molar-refractivity contribution in [1.29, 1.82) is 0 Å². The van der Waals surface area contributed by atoms with Crippen molar-refractivity contribution in [2.45, 2.75) is 18.2 Å². The third-order valence-corrected chi connectivity index (χ3v) is 4.03. The SMILES string of the molecule is C/C=C/CCNS(=O)(=O)c1cnc(Cl)c(Cl)c1. The Kier molecular flexibility index (Phi) is 5.39. The van der Waals surface area contributed by atoms with Gasteiger partial charge in [-0.3, -0.25) is 0 Å². The minimum absolute atomic E-state index is 0.00683. The fraction of sp³-hybridized carbons (Fsp3) is 0.300. The van der Waals surface area contributed by atoms with E-state index in [-0.39, 0.29) is 15.1 Å². The highest BCUT2D eigenvalue weighted by Crippen LogP contribution is 2.21. The quantitative estimate of drug-likeness (QED) is 0.516. The Hall–Kier alpha value is -0.620. The molecule has 0 aliphatic heterocycles. The van der Waals surface area contributed by atoms with Crippen molar-refractivity contribution >= 4 is 33.2 Å². The van der Waals surface area contributed by atoms with Crippen LogP contribution in [0.4, 0.5) is 0 Å². The highest BCUT2D eigenvalue weighted by Gasteiger charge is 2.15. The van der Waals surface area contributed by atoms with E-state index in [2.05, 4.69) is 9.71 Å². The molecule has 0 amide bonds. The molecule has 0 saturated heterocycles. The van der Waals surface area contributed by atoms with E-state index >= 15 is 0 Å². The average molecular weight is 295 g/mol. The first-order valence-electron chi connectivity index (χ1n) is 4.89. The summed E-state index contributed by atoms with van der Waals surface area (Å²) in [7, 11) is -3.57. The first-order valence-corrected chi connectivity index (χ1v) is 7.13. The molecule has 0 fully saturated rings. The van der Waals surface area contributed by atoms with Crippen molar-refractivity contribution in [1.82, 2.24) is 9.71 Å². The number of nitrogens with zero attached hydrogens (tertiary/aromatic N) is 1. The van der Waals surface area contributed by atoms with Gasteiger partial charge in [0.05, 0.1) is 5.02 Å². The zero-order chi connectivity index (χ0) is 12.9. The molecule has 7 heteroatoms. The Morgan fingerprint density at radius 2 is 2.18 bits per heavy atom. The molecule has 0 spiro atoms. The van der Waals surface area contributed by atoms with Crippen molar-refractivity contribution in [3.63, 3.8) is 0 Å². The van der Waals surface area contributed by atoms with Crippen LogP contribution in [0.2, 0.25) is 10.2 Å². The van der Waals surface area contributed by atoms with Gasteiger partial charge in [0.25, 0.3) is 0 Å². The molecule has 1 heterocycles. The second-order valence-electron chi connectivity index (χ2n) is 3.20. The molecule has 0 aliphatic rings. The Balaban J connectivity index is 2.79. The van der Waals surface area contributed by atoms with Crippen LogP contribution in [0.15, 0.2) is 29.3 Å². The molecule has 0 radical (unpaired) electrons. The molecule has 0 atom stereocenters. The van der Waals surface area contributed by atoms with Crippen LogP contribution in [0.1, 0.15) is 13.3 Å². The summed E-state index contributed by atoms with van der Waals surface area (Å²) >= 11 is 11.3. The standard InChI is InChI=1S/C10H12Cl2N2O2S/c1-2-3-4-5-14-17(15,16)8-6-9(11)10(12)13-7-8/h2-3,6-7,14H,4-5H2,1H3/b3-2+. The summed E-state index contributed by atoms with van der Waals surface area (Å²) in [5, 5.41) is 0.197. The fourth-order valence-electron chi connectivity index (χ4n) is 1.08. The lowest BCUT2D eigenvalue weighted by molar-refractivity contribution is 0.581. The maximum absolute atomic E-state index is 11.8. The van der Waals surface area contributed by atoms with Gasteiger partial charge in [-0.05, 0) is 19.4 Å². The van der Waals surface area contributed by atoms with Crippen LogP contribution in [0, 0.1) is 0 Å². The summed E-state index contributed by atoms with van der Waals surface area (Å²) in [6, 6.07) is 1.27. The zero-order valence-corrected chi connectivity index (χ0v) is 11.5. The Morgan fingerprint density at radius 3 is 2.76 bits per heavy atom. The molecule has 0 aliphatic carbocycles. The lowest BCUT2D eigenvalue weighted by atomic mass is 10.4. The molecule has 1 aromatic heterocycles. The van der Waals surface area contributed by atoms with Crippen molar-refractivity contribution in [3.05, 3.63) is 34.6 Å².